The molecule has 0 heterocycles. The van der Waals surface area contributed by atoms with Crippen molar-refractivity contribution in [3.8, 4) is 6.07 Å². The molecule has 2 N–H and O–H groups in total. The number of carboxylic acid groups (broad SMARTS) is 1. The first kappa shape index (κ1) is 14.6. The molecule has 0 atom stereocenters. The fraction of sp³-hybridized carbons (Fsp3) is 0.200. The summed E-state index contributed by atoms with van der Waals surface area (Å²) in [4.78, 5) is 10.7. The van der Waals surface area contributed by atoms with Crippen molar-refractivity contribution in [2.24, 2.45) is 0 Å². The lowest BCUT2D eigenvalue weighted by atomic mass is 10.2. The molecule has 1 rings (SSSR count). The number of aromatic carboxylic acids is 1. The second-order valence-corrected chi connectivity index (χ2v) is 5.87. The van der Waals surface area contributed by atoms with E-state index in [2.05, 4.69) is 20.7 Å². The van der Waals surface area contributed by atoms with Crippen LogP contribution < -0.4 is 4.72 Å². The number of hydrogen-bond donors (Lipinski definition) is 2. The highest BCUT2D eigenvalue weighted by Crippen LogP contribution is 2.20. The summed E-state index contributed by atoms with van der Waals surface area (Å²) in [5, 5.41) is 17.2. The minimum atomic E-state index is -3.79. The van der Waals surface area contributed by atoms with Gasteiger partial charge < -0.3 is 5.11 Å². The van der Waals surface area contributed by atoms with E-state index >= 15 is 0 Å². The van der Waals surface area contributed by atoms with Gasteiger partial charge in [-0.25, -0.2) is 17.9 Å². The van der Waals surface area contributed by atoms with Crippen molar-refractivity contribution in [2.45, 2.75) is 11.3 Å². The van der Waals surface area contributed by atoms with Crippen molar-refractivity contribution in [1.29, 1.82) is 5.26 Å². The van der Waals surface area contributed by atoms with Crippen molar-refractivity contribution in [2.75, 3.05) is 6.54 Å². The van der Waals surface area contributed by atoms with Crippen LogP contribution in [0.3, 0.4) is 0 Å². The number of hydrogen-bond acceptors (Lipinski definition) is 4. The number of nitrogens with zero attached hydrogens (tertiary/aromatic N) is 1. The first-order valence-corrected chi connectivity index (χ1v) is 7.05. The molecular weight excluding hydrogens is 324 g/mol. The Bertz CT molecular complexity index is 607. The largest absolute Gasteiger partial charge is 0.478 e. The Balaban J connectivity index is 3.07. The minimum absolute atomic E-state index is 0.0166. The summed E-state index contributed by atoms with van der Waals surface area (Å²) in [6, 6.07) is 5.49. The highest BCUT2D eigenvalue weighted by atomic mass is 79.9. The van der Waals surface area contributed by atoms with E-state index in [1.807, 2.05) is 0 Å². The zero-order valence-corrected chi connectivity index (χ0v) is 11.5. The first-order valence-electron chi connectivity index (χ1n) is 4.78. The van der Waals surface area contributed by atoms with Crippen LogP contribution in [0.2, 0.25) is 0 Å². The predicted octanol–water partition coefficient (Wildman–Crippen LogP) is 1.34. The molecule has 0 aliphatic carbocycles. The number of rotatable bonds is 5. The highest BCUT2D eigenvalue weighted by molar-refractivity contribution is 9.10. The minimum Gasteiger partial charge on any atom is -0.478 e. The molecule has 0 spiro atoms. The lowest BCUT2D eigenvalue weighted by Gasteiger charge is -2.06. The van der Waals surface area contributed by atoms with Gasteiger partial charge in [0.25, 0.3) is 0 Å². The molecule has 0 saturated carbocycles. The molecule has 6 nitrogen and oxygen atoms in total. The van der Waals surface area contributed by atoms with E-state index in [9.17, 15) is 13.2 Å². The van der Waals surface area contributed by atoms with Crippen LogP contribution in [-0.4, -0.2) is 26.0 Å². The number of benzene rings is 1. The number of carbonyl (C=O) groups is 1. The zero-order valence-electron chi connectivity index (χ0n) is 9.05. The van der Waals surface area contributed by atoms with Crippen LogP contribution in [0.15, 0.2) is 27.6 Å². The molecular formula is C10H9BrN2O4S. The van der Waals surface area contributed by atoms with Crippen LogP contribution in [-0.2, 0) is 10.0 Å². The number of halogens is 1. The van der Waals surface area contributed by atoms with Crippen LogP contribution in [0.5, 0.6) is 0 Å². The van der Waals surface area contributed by atoms with E-state index in [-0.39, 0.29) is 23.4 Å². The molecule has 0 unspecified atom stereocenters. The molecule has 0 radical (unpaired) electrons. The maximum absolute atomic E-state index is 11.8. The Labute approximate surface area is 112 Å². The molecule has 0 bridgehead atoms. The number of carboxylic acids is 1. The molecule has 96 valence electrons. The van der Waals surface area contributed by atoms with Gasteiger partial charge in [-0.15, -0.1) is 0 Å². The Morgan fingerprint density at radius 3 is 2.72 bits per heavy atom. The molecule has 0 saturated heterocycles. The van der Waals surface area contributed by atoms with Gasteiger partial charge in [-0.2, -0.15) is 5.26 Å². The number of nitriles is 1. The topological polar surface area (TPSA) is 107 Å². The van der Waals surface area contributed by atoms with Crippen LogP contribution in [0.1, 0.15) is 16.8 Å². The molecule has 18 heavy (non-hydrogen) atoms. The van der Waals surface area contributed by atoms with Gasteiger partial charge in [-0.1, -0.05) is 0 Å². The molecule has 0 amide bonds. The molecule has 0 fully saturated rings. The first-order chi connectivity index (χ1) is 8.38. The normalized spacial score (nSPS) is 10.9. The molecule has 8 heteroatoms. The summed E-state index contributed by atoms with van der Waals surface area (Å²) < 4.78 is 26.0. The van der Waals surface area contributed by atoms with Crippen LogP contribution in [0.4, 0.5) is 0 Å². The Morgan fingerprint density at radius 2 is 2.17 bits per heavy atom. The van der Waals surface area contributed by atoms with E-state index in [1.54, 1.807) is 6.07 Å². The molecule has 0 aromatic heterocycles. The van der Waals surface area contributed by atoms with Crippen molar-refractivity contribution in [3.05, 3.63) is 28.2 Å². The summed E-state index contributed by atoms with van der Waals surface area (Å²) in [7, 11) is -3.79. The molecule has 0 aliphatic heterocycles. The Morgan fingerprint density at radius 1 is 1.50 bits per heavy atom. The van der Waals surface area contributed by atoms with Gasteiger partial charge in [0.1, 0.15) is 0 Å². The van der Waals surface area contributed by atoms with Crippen molar-refractivity contribution >= 4 is 31.9 Å². The standard InChI is InChI=1S/C10H9BrN2O4S/c11-9-3-2-7(6-8(9)10(14)15)18(16,17)13-5-1-4-12/h2-3,6,13H,1,5H2,(H,14,15). The van der Waals surface area contributed by atoms with E-state index in [0.717, 1.165) is 6.07 Å². The van der Waals surface area contributed by atoms with Gasteiger partial charge in [-0.05, 0) is 34.1 Å². The second-order valence-electron chi connectivity index (χ2n) is 3.25. The lowest BCUT2D eigenvalue weighted by molar-refractivity contribution is 0.0695. The van der Waals surface area contributed by atoms with E-state index in [4.69, 9.17) is 10.4 Å². The third-order valence-electron chi connectivity index (χ3n) is 2.01. The summed E-state index contributed by atoms with van der Waals surface area (Å²) in [5.41, 5.74) is -0.141. The van der Waals surface area contributed by atoms with Gasteiger partial charge in [0, 0.05) is 17.4 Å². The zero-order chi connectivity index (χ0) is 13.8. The molecule has 1 aromatic carbocycles. The second kappa shape index (κ2) is 5.95. The van der Waals surface area contributed by atoms with E-state index in [0.29, 0.717) is 4.47 Å². The summed E-state index contributed by atoms with van der Waals surface area (Å²) in [6.07, 6.45) is 0.0432. The monoisotopic (exact) mass is 332 g/mol. The SMILES string of the molecule is N#CCCNS(=O)(=O)c1ccc(Br)c(C(=O)O)c1. The fourth-order valence-corrected chi connectivity index (χ4v) is 2.63. The van der Waals surface area contributed by atoms with E-state index < -0.39 is 16.0 Å². The van der Waals surface area contributed by atoms with Crippen molar-refractivity contribution in [1.82, 2.24) is 4.72 Å². The van der Waals surface area contributed by atoms with Crippen LogP contribution >= 0.6 is 15.9 Å². The lowest BCUT2D eigenvalue weighted by Crippen LogP contribution is -2.24. The van der Waals surface area contributed by atoms with Gasteiger partial charge in [0.2, 0.25) is 10.0 Å². The van der Waals surface area contributed by atoms with Crippen molar-refractivity contribution < 1.29 is 18.3 Å². The average Bonchev–Trinajstić information content (AvgIpc) is 2.29. The summed E-state index contributed by atoms with van der Waals surface area (Å²) in [6.45, 7) is -0.0166. The Hall–Kier alpha value is -1.43. The van der Waals surface area contributed by atoms with Gasteiger partial charge in [-0.3, -0.25) is 0 Å². The quantitative estimate of drug-likeness (QED) is 0.791. The smallest absolute Gasteiger partial charge is 0.336 e. The van der Waals surface area contributed by atoms with E-state index in [1.165, 1.54) is 12.1 Å². The maximum atomic E-state index is 11.8. The third kappa shape index (κ3) is 3.53. The summed E-state index contributed by atoms with van der Waals surface area (Å²) >= 11 is 3.02. The maximum Gasteiger partial charge on any atom is 0.336 e. The van der Waals surface area contributed by atoms with Gasteiger partial charge in [0.05, 0.1) is 16.5 Å². The third-order valence-corrected chi connectivity index (χ3v) is 4.16. The Kier molecular flexibility index (Phi) is 4.84. The fourth-order valence-electron chi connectivity index (χ4n) is 1.16. The molecule has 0 aliphatic rings. The van der Waals surface area contributed by atoms with Crippen molar-refractivity contribution in [3.63, 3.8) is 0 Å². The number of nitrogens with one attached hydrogen (secondary N) is 1. The summed E-state index contributed by atoms with van der Waals surface area (Å²) in [5.74, 6) is -1.23. The van der Waals surface area contributed by atoms with Crippen LogP contribution in [0, 0.1) is 11.3 Å². The van der Waals surface area contributed by atoms with Gasteiger partial charge >= 0.3 is 5.97 Å². The number of sulfonamides is 1. The van der Waals surface area contributed by atoms with Gasteiger partial charge in [0.15, 0.2) is 0 Å². The average molecular weight is 333 g/mol. The van der Waals surface area contributed by atoms with Crippen LogP contribution in [0.25, 0.3) is 0 Å². The highest BCUT2D eigenvalue weighted by Gasteiger charge is 2.17. The molecule has 1 aromatic rings. The predicted molar refractivity (Wildman–Crippen MR) is 66.5 cm³/mol.